The molecule has 0 fully saturated rings. The SMILES string of the molecule is c1ccc2c(c1)c1ccccc1c1cc(-n3c4ccccc4c4cc(-c5ccc6c(c5)c5ccccc5n6-c5cncnc5)ccc43)ccc21. The van der Waals surface area contributed by atoms with Gasteiger partial charge in [-0.1, -0.05) is 103 Å². The normalized spacial score (nSPS) is 12.0. The number of hydrogen-bond acceptors (Lipinski definition) is 2. The minimum absolute atomic E-state index is 0.954. The molecule has 0 radical (unpaired) electrons. The molecule has 0 saturated heterocycles. The van der Waals surface area contributed by atoms with Crippen LogP contribution in [0.15, 0.2) is 170 Å². The highest BCUT2D eigenvalue weighted by atomic mass is 15.0. The Balaban J connectivity index is 1.12. The van der Waals surface area contributed by atoms with Gasteiger partial charge in [0.05, 0.1) is 40.1 Å². The summed E-state index contributed by atoms with van der Waals surface area (Å²) in [5.41, 5.74) is 9.18. The Bertz CT molecular complexity index is 3110. The first-order chi connectivity index (χ1) is 24.8. The Morgan fingerprint density at radius 1 is 0.300 bits per heavy atom. The molecule has 4 heteroatoms. The van der Waals surface area contributed by atoms with Crippen molar-refractivity contribution in [3.05, 3.63) is 170 Å². The Hall–Kier alpha value is -6.78. The Labute approximate surface area is 287 Å². The predicted octanol–water partition coefficient (Wildman–Crippen LogP) is 11.8. The van der Waals surface area contributed by atoms with Gasteiger partial charge in [0.1, 0.15) is 6.33 Å². The molecule has 0 amide bonds. The van der Waals surface area contributed by atoms with E-state index in [0.717, 1.165) is 22.4 Å². The molecule has 0 atom stereocenters. The summed E-state index contributed by atoms with van der Waals surface area (Å²) in [6.45, 7) is 0. The average molecular weight is 637 g/mol. The lowest BCUT2D eigenvalue weighted by Gasteiger charge is -2.14. The van der Waals surface area contributed by atoms with Crippen molar-refractivity contribution >= 4 is 75.9 Å². The lowest BCUT2D eigenvalue weighted by atomic mass is 9.94. The van der Waals surface area contributed by atoms with Crippen LogP contribution in [0.2, 0.25) is 0 Å². The molecule has 3 aromatic heterocycles. The number of nitrogens with zero attached hydrogens (tertiary/aromatic N) is 4. The summed E-state index contributed by atoms with van der Waals surface area (Å²) in [6, 6.07) is 55.6. The van der Waals surface area contributed by atoms with E-state index in [1.807, 2.05) is 12.4 Å². The van der Waals surface area contributed by atoms with Crippen LogP contribution in [-0.2, 0) is 0 Å². The van der Waals surface area contributed by atoms with Crippen LogP contribution in [0.5, 0.6) is 0 Å². The van der Waals surface area contributed by atoms with E-state index in [2.05, 4.69) is 171 Å². The van der Waals surface area contributed by atoms with Gasteiger partial charge >= 0.3 is 0 Å². The zero-order valence-electron chi connectivity index (χ0n) is 27.0. The summed E-state index contributed by atoms with van der Waals surface area (Å²) in [5, 5.41) is 12.6. The van der Waals surface area contributed by atoms with Gasteiger partial charge in [0.15, 0.2) is 0 Å². The second kappa shape index (κ2) is 10.4. The van der Waals surface area contributed by atoms with E-state index in [-0.39, 0.29) is 0 Å². The fraction of sp³-hybridized carbons (Fsp3) is 0. The third kappa shape index (κ3) is 3.81. The van der Waals surface area contributed by atoms with Crippen molar-refractivity contribution < 1.29 is 0 Å². The maximum absolute atomic E-state index is 4.30. The third-order valence-corrected chi connectivity index (χ3v) is 10.5. The van der Waals surface area contributed by atoms with E-state index in [0.29, 0.717) is 0 Å². The molecule has 232 valence electrons. The summed E-state index contributed by atoms with van der Waals surface area (Å²) in [6.07, 6.45) is 5.32. The van der Waals surface area contributed by atoms with Gasteiger partial charge in [-0.3, -0.25) is 0 Å². The summed E-state index contributed by atoms with van der Waals surface area (Å²) in [5.74, 6) is 0. The standard InChI is InChI=1S/C46H28N4/c1-2-11-35-33(9-1)34-10-3-4-12-36(34)40-25-31(19-20-37(35)40)49-43-15-7-5-13-38(43)41-23-29(17-21-45(41)49)30-18-22-46-42(24-30)39-14-6-8-16-44(39)50(46)32-26-47-28-48-27-32/h1-28H. The molecule has 0 bridgehead atoms. The predicted molar refractivity (Wildman–Crippen MR) is 209 cm³/mol. The van der Waals surface area contributed by atoms with Crippen molar-refractivity contribution in [3.8, 4) is 22.5 Å². The topological polar surface area (TPSA) is 35.6 Å². The largest absolute Gasteiger partial charge is 0.309 e. The van der Waals surface area contributed by atoms with Gasteiger partial charge in [-0.25, -0.2) is 9.97 Å². The fourth-order valence-electron chi connectivity index (χ4n) is 8.30. The highest BCUT2D eigenvalue weighted by Gasteiger charge is 2.17. The minimum Gasteiger partial charge on any atom is -0.309 e. The fourth-order valence-corrected chi connectivity index (χ4v) is 8.30. The van der Waals surface area contributed by atoms with E-state index in [1.165, 1.54) is 76.0 Å². The van der Waals surface area contributed by atoms with Gasteiger partial charge in [0.25, 0.3) is 0 Å². The number of aromatic nitrogens is 4. The van der Waals surface area contributed by atoms with Crippen molar-refractivity contribution in [1.82, 2.24) is 19.1 Å². The van der Waals surface area contributed by atoms with Gasteiger partial charge < -0.3 is 9.13 Å². The van der Waals surface area contributed by atoms with Crippen LogP contribution in [0, 0.1) is 0 Å². The van der Waals surface area contributed by atoms with Crippen molar-refractivity contribution in [2.75, 3.05) is 0 Å². The quantitative estimate of drug-likeness (QED) is 0.181. The number of hydrogen-bond donors (Lipinski definition) is 0. The van der Waals surface area contributed by atoms with Crippen LogP contribution in [0.3, 0.4) is 0 Å². The Morgan fingerprint density at radius 2 is 0.720 bits per heavy atom. The highest BCUT2D eigenvalue weighted by molar-refractivity contribution is 6.25. The first-order valence-corrected chi connectivity index (χ1v) is 17.0. The molecule has 0 aliphatic carbocycles. The molecule has 50 heavy (non-hydrogen) atoms. The number of para-hydroxylation sites is 2. The number of benzene rings is 8. The van der Waals surface area contributed by atoms with Crippen LogP contribution in [0.25, 0.3) is 98.4 Å². The molecule has 0 spiro atoms. The maximum atomic E-state index is 4.30. The van der Waals surface area contributed by atoms with Crippen LogP contribution in [0.1, 0.15) is 0 Å². The third-order valence-electron chi connectivity index (χ3n) is 10.5. The zero-order valence-corrected chi connectivity index (χ0v) is 27.0. The summed E-state index contributed by atoms with van der Waals surface area (Å²) in [4.78, 5) is 8.61. The Morgan fingerprint density at radius 3 is 1.26 bits per heavy atom. The minimum atomic E-state index is 0.954. The van der Waals surface area contributed by atoms with E-state index >= 15 is 0 Å². The van der Waals surface area contributed by atoms with Crippen molar-refractivity contribution in [3.63, 3.8) is 0 Å². The molecule has 11 aromatic rings. The molecule has 0 unspecified atom stereocenters. The first-order valence-electron chi connectivity index (χ1n) is 17.0. The smallest absolute Gasteiger partial charge is 0.115 e. The number of fused-ring (bicyclic) bond motifs is 12. The Kier molecular flexibility index (Phi) is 5.63. The highest BCUT2D eigenvalue weighted by Crippen LogP contribution is 2.40. The van der Waals surface area contributed by atoms with Crippen molar-refractivity contribution in [2.45, 2.75) is 0 Å². The molecule has 0 saturated carbocycles. The van der Waals surface area contributed by atoms with Gasteiger partial charge in [-0.15, -0.1) is 0 Å². The molecule has 3 heterocycles. The summed E-state index contributed by atoms with van der Waals surface area (Å²) >= 11 is 0. The van der Waals surface area contributed by atoms with Crippen LogP contribution in [-0.4, -0.2) is 19.1 Å². The van der Waals surface area contributed by atoms with Gasteiger partial charge in [-0.05, 0) is 92.0 Å². The summed E-state index contributed by atoms with van der Waals surface area (Å²) in [7, 11) is 0. The molecule has 8 aromatic carbocycles. The van der Waals surface area contributed by atoms with Gasteiger partial charge in [0.2, 0.25) is 0 Å². The lowest BCUT2D eigenvalue weighted by Crippen LogP contribution is -1.95. The molecular weight excluding hydrogens is 609 g/mol. The van der Waals surface area contributed by atoms with Crippen LogP contribution < -0.4 is 0 Å². The van der Waals surface area contributed by atoms with E-state index in [1.54, 1.807) is 6.33 Å². The molecule has 11 rings (SSSR count). The van der Waals surface area contributed by atoms with Crippen LogP contribution >= 0.6 is 0 Å². The first kappa shape index (κ1) is 27.2. The van der Waals surface area contributed by atoms with Crippen LogP contribution in [0.4, 0.5) is 0 Å². The second-order valence-corrected chi connectivity index (χ2v) is 13.1. The summed E-state index contributed by atoms with van der Waals surface area (Å²) < 4.78 is 4.68. The van der Waals surface area contributed by atoms with Gasteiger partial charge in [0, 0.05) is 27.2 Å². The zero-order chi connectivity index (χ0) is 32.8. The maximum Gasteiger partial charge on any atom is 0.115 e. The molecule has 0 N–H and O–H groups in total. The van der Waals surface area contributed by atoms with Crippen molar-refractivity contribution in [1.29, 1.82) is 0 Å². The van der Waals surface area contributed by atoms with Crippen molar-refractivity contribution in [2.24, 2.45) is 0 Å². The van der Waals surface area contributed by atoms with E-state index < -0.39 is 0 Å². The molecule has 0 aliphatic rings. The number of rotatable bonds is 3. The van der Waals surface area contributed by atoms with E-state index in [4.69, 9.17) is 0 Å². The lowest BCUT2D eigenvalue weighted by molar-refractivity contribution is 1.07. The molecule has 4 nitrogen and oxygen atoms in total. The van der Waals surface area contributed by atoms with Gasteiger partial charge in [-0.2, -0.15) is 0 Å². The average Bonchev–Trinajstić information content (AvgIpc) is 3.70. The molecular formula is C46H28N4. The monoisotopic (exact) mass is 636 g/mol. The second-order valence-electron chi connectivity index (χ2n) is 13.1. The van der Waals surface area contributed by atoms with E-state index in [9.17, 15) is 0 Å². The molecule has 0 aliphatic heterocycles.